The Morgan fingerprint density at radius 2 is 1.18 bits per heavy atom. The van der Waals surface area contributed by atoms with Gasteiger partial charge in [0.25, 0.3) is 0 Å². The molecule has 1 saturated carbocycles. The number of hydrogen-bond acceptors (Lipinski definition) is 5. The van der Waals surface area contributed by atoms with E-state index in [1.807, 2.05) is 0 Å². The molecule has 0 radical (unpaired) electrons. The van der Waals surface area contributed by atoms with Crippen LogP contribution in [0, 0.1) is 0 Å². The Kier molecular flexibility index (Phi) is 11.2. The third-order valence-electron chi connectivity index (χ3n) is 4.30. The molecule has 0 aliphatic heterocycles. The van der Waals surface area contributed by atoms with Crippen molar-refractivity contribution in [3.8, 4) is 23.0 Å². The zero-order chi connectivity index (χ0) is 18.7. The first kappa shape index (κ1) is 26.1. The molecule has 2 aromatic carbocycles. The summed E-state index contributed by atoms with van der Waals surface area (Å²) in [6.45, 7) is 0. The Hall–Kier alpha value is 0.0627. The Morgan fingerprint density at radius 1 is 0.786 bits per heavy atom. The Bertz CT molecular complexity index is 846. The third kappa shape index (κ3) is 6.28. The molecule has 134 valence electrons. The summed E-state index contributed by atoms with van der Waals surface area (Å²) >= 11 is 0. The van der Waals surface area contributed by atoms with E-state index in [0.717, 1.165) is 11.1 Å². The van der Waals surface area contributed by atoms with Gasteiger partial charge in [0.15, 0.2) is 5.78 Å². The van der Waals surface area contributed by atoms with Gasteiger partial charge in [-0.3, -0.25) is 4.79 Å². The summed E-state index contributed by atoms with van der Waals surface area (Å²) in [6.07, 6.45) is 4.82. The molecule has 0 atom stereocenters. The first-order valence-electron chi connectivity index (χ1n) is 8.17. The fourth-order valence-corrected chi connectivity index (χ4v) is 2.93. The Labute approximate surface area is 249 Å². The first-order valence-corrected chi connectivity index (χ1v) is 8.17. The van der Waals surface area contributed by atoms with Crippen LogP contribution in [0.15, 0.2) is 47.5 Å². The van der Waals surface area contributed by atoms with Gasteiger partial charge < -0.3 is 19.7 Å². The van der Waals surface area contributed by atoms with Gasteiger partial charge in [0, 0.05) is 11.1 Å². The van der Waals surface area contributed by atoms with Crippen LogP contribution in [-0.4, -0.2) is 20.0 Å². The molecule has 0 amide bonds. The second kappa shape index (κ2) is 12.0. The van der Waals surface area contributed by atoms with Crippen LogP contribution >= 0.6 is 0 Å². The number of allylic oxidation sites excluding steroid dienone is 2. The Balaban J connectivity index is 0.00000196. The van der Waals surface area contributed by atoms with Crippen molar-refractivity contribution in [2.75, 3.05) is 14.2 Å². The fourth-order valence-electron chi connectivity index (χ4n) is 2.93. The van der Waals surface area contributed by atoms with Crippen LogP contribution < -0.4 is 122 Å². The predicted molar refractivity (Wildman–Crippen MR) is 95.1 cm³/mol. The molecule has 0 spiro atoms. The molecule has 7 heteroatoms. The third-order valence-corrected chi connectivity index (χ3v) is 4.30. The summed E-state index contributed by atoms with van der Waals surface area (Å²) in [5.41, 5.74) is 2.88. The summed E-state index contributed by atoms with van der Waals surface area (Å²) in [5, 5.41) is 23.2. The van der Waals surface area contributed by atoms with Gasteiger partial charge in [0.2, 0.25) is 0 Å². The van der Waals surface area contributed by atoms with Gasteiger partial charge in [-0.05, 0) is 48.3 Å². The van der Waals surface area contributed by atoms with Crippen LogP contribution in [0.5, 0.6) is 23.0 Å². The molecule has 0 N–H and O–H groups in total. The maximum Gasteiger partial charge on any atom is 1.00 e. The van der Waals surface area contributed by atoms with Gasteiger partial charge in [0.1, 0.15) is 11.5 Å². The number of carbonyl (C=O) groups is 1. The molecule has 0 bridgehead atoms. The minimum absolute atomic E-state index is 0. The quantitative estimate of drug-likeness (QED) is 0.376. The maximum absolute atomic E-state index is 12.6. The van der Waals surface area contributed by atoms with E-state index >= 15 is 0 Å². The minimum atomic E-state index is -0.191. The van der Waals surface area contributed by atoms with E-state index in [9.17, 15) is 15.0 Å². The van der Waals surface area contributed by atoms with E-state index < -0.39 is 0 Å². The van der Waals surface area contributed by atoms with E-state index in [-0.39, 0.29) is 132 Å². The normalized spacial score (nSPS) is 15.9. The van der Waals surface area contributed by atoms with Crippen molar-refractivity contribution in [2.45, 2.75) is 12.8 Å². The van der Waals surface area contributed by atoms with Gasteiger partial charge >= 0.3 is 103 Å². The molecular weight excluding hydrogens is 410 g/mol. The molecule has 5 nitrogen and oxygen atoms in total. The molecule has 0 heterocycles. The number of Topliss-reactive ketones (excluding diaryl/α,β-unsaturated/α-hetero) is 1. The number of ketones is 1. The van der Waals surface area contributed by atoms with Crippen LogP contribution in [0.4, 0.5) is 0 Å². The fraction of sp³-hybridized carbons (Fsp3) is 0.190. The largest absolute Gasteiger partial charge is 1.00 e. The molecule has 28 heavy (non-hydrogen) atoms. The van der Waals surface area contributed by atoms with Crippen molar-refractivity contribution < 1.29 is 127 Å². The average molecular weight is 429 g/mol. The molecule has 1 fully saturated rings. The van der Waals surface area contributed by atoms with Crippen molar-refractivity contribution >= 4 is 17.9 Å². The van der Waals surface area contributed by atoms with Crippen molar-refractivity contribution in [3.63, 3.8) is 0 Å². The molecule has 0 unspecified atom stereocenters. The predicted octanol–water partition coefficient (Wildman–Crippen LogP) is -3.31. The molecule has 3 rings (SSSR count). The SMILES string of the molecule is COc1cc(/C=C2\CC/C(=C\c3ccc([O-])c(OC)c3)C2=O)ccc1[O-].[K+].[K+]. The summed E-state index contributed by atoms with van der Waals surface area (Å²) < 4.78 is 10.1. The van der Waals surface area contributed by atoms with E-state index in [4.69, 9.17) is 9.47 Å². The number of hydrogen-bond donors (Lipinski definition) is 0. The topological polar surface area (TPSA) is 81.6 Å². The number of ether oxygens (including phenoxy) is 2. The molecule has 2 aromatic rings. The first-order chi connectivity index (χ1) is 12.5. The second-order valence-electron chi connectivity index (χ2n) is 5.99. The van der Waals surface area contributed by atoms with E-state index in [1.54, 1.807) is 36.4 Å². The summed E-state index contributed by atoms with van der Waals surface area (Å²) in [5.74, 6) is 0.101. The van der Waals surface area contributed by atoms with E-state index in [0.29, 0.717) is 24.0 Å². The van der Waals surface area contributed by atoms with Crippen LogP contribution in [0.3, 0.4) is 0 Å². The van der Waals surface area contributed by atoms with Crippen LogP contribution in [0.1, 0.15) is 24.0 Å². The monoisotopic (exact) mass is 428 g/mol. The molecule has 0 saturated heterocycles. The zero-order valence-electron chi connectivity index (χ0n) is 16.6. The maximum atomic E-state index is 12.6. The standard InChI is InChI=1S/C21H20O5.2K/c1-25-19-11-13(3-7-17(19)22)9-15-5-6-16(21(15)24)10-14-4-8-18(23)20(12-14)26-2;;/h3-4,7-12,22-23H,5-6H2,1-2H3;;/q;2*+1/p-2/b15-9+,16-10+;;. The number of rotatable bonds is 4. The van der Waals surface area contributed by atoms with Gasteiger partial charge in [-0.1, -0.05) is 35.8 Å². The summed E-state index contributed by atoms with van der Waals surface area (Å²) in [7, 11) is 2.88. The number of methoxy groups -OCH3 is 2. The van der Waals surface area contributed by atoms with Crippen molar-refractivity contribution in [1.82, 2.24) is 0 Å². The summed E-state index contributed by atoms with van der Waals surface area (Å²) in [4.78, 5) is 12.6. The summed E-state index contributed by atoms with van der Waals surface area (Å²) in [6, 6.07) is 9.45. The second-order valence-corrected chi connectivity index (χ2v) is 5.99. The molecule has 0 aromatic heterocycles. The Morgan fingerprint density at radius 3 is 1.54 bits per heavy atom. The zero-order valence-corrected chi connectivity index (χ0v) is 22.8. The van der Waals surface area contributed by atoms with Crippen molar-refractivity contribution in [3.05, 3.63) is 58.7 Å². The van der Waals surface area contributed by atoms with Gasteiger partial charge in [-0.2, -0.15) is 0 Å². The number of benzene rings is 2. The van der Waals surface area contributed by atoms with E-state index in [2.05, 4.69) is 0 Å². The minimum Gasteiger partial charge on any atom is -0.870 e. The molecule has 1 aliphatic carbocycles. The van der Waals surface area contributed by atoms with Crippen molar-refractivity contribution in [1.29, 1.82) is 0 Å². The van der Waals surface area contributed by atoms with Crippen LogP contribution in [-0.2, 0) is 4.79 Å². The van der Waals surface area contributed by atoms with Gasteiger partial charge in [-0.15, -0.1) is 0 Å². The van der Waals surface area contributed by atoms with Crippen molar-refractivity contribution in [2.24, 2.45) is 0 Å². The molecular formula is C21H18K2O5. The smallest absolute Gasteiger partial charge is 0.870 e. The van der Waals surface area contributed by atoms with E-state index in [1.165, 1.54) is 26.4 Å². The van der Waals surface area contributed by atoms with Crippen LogP contribution in [0.2, 0.25) is 0 Å². The molecule has 1 aliphatic rings. The van der Waals surface area contributed by atoms with Gasteiger partial charge in [0.05, 0.1) is 14.2 Å². The van der Waals surface area contributed by atoms with Crippen LogP contribution in [0.25, 0.3) is 12.2 Å². The van der Waals surface area contributed by atoms with Gasteiger partial charge in [-0.25, -0.2) is 0 Å². The number of carbonyl (C=O) groups excluding carboxylic acids is 1. The average Bonchev–Trinajstić information content (AvgIpc) is 2.98.